The van der Waals surface area contributed by atoms with E-state index in [1.54, 1.807) is 36.5 Å². The molecule has 0 aliphatic carbocycles. The summed E-state index contributed by atoms with van der Waals surface area (Å²) < 4.78 is 27.4. The van der Waals surface area contributed by atoms with E-state index in [2.05, 4.69) is 10.0 Å². The predicted molar refractivity (Wildman–Crippen MR) is 117 cm³/mol. The largest absolute Gasteiger partial charge is 0.366 e. The number of amides is 2. The Balaban J connectivity index is 1.63. The number of carbonyl (C=O) groups is 2. The summed E-state index contributed by atoms with van der Waals surface area (Å²) in [5.41, 5.74) is 7.13. The zero-order valence-corrected chi connectivity index (χ0v) is 17.8. The van der Waals surface area contributed by atoms with Gasteiger partial charge in [-0.2, -0.15) is 0 Å². The van der Waals surface area contributed by atoms with Crippen LogP contribution in [0, 0.1) is 6.92 Å². The minimum Gasteiger partial charge on any atom is -0.366 e. The Morgan fingerprint density at radius 1 is 1.07 bits per heavy atom. The summed E-state index contributed by atoms with van der Waals surface area (Å²) in [5.74, 6) is -0.929. The maximum Gasteiger partial charge on any atom is 0.255 e. The molecule has 0 radical (unpaired) electrons. The first-order chi connectivity index (χ1) is 14.3. The van der Waals surface area contributed by atoms with Gasteiger partial charge >= 0.3 is 0 Å². The van der Waals surface area contributed by atoms with Crippen LogP contribution in [0.15, 0.2) is 64.9 Å². The molecular formula is C21H21N3O4S2. The van der Waals surface area contributed by atoms with Crippen LogP contribution < -0.4 is 15.8 Å². The number of primary amides is 1. The SMILES string of the molecule is Cc1cc(NC(=O)c2ccc(S(=O)(=O)NCCc3cccs3)cc2)ccc1C(N)=O. The van der Waals surface area contributed by atoms with E-state index in [-0.39, 0.29) is 4.90 Å². The minimum atomic E-state index is -3.65. The Bertz CT molecular complexity index is 1160. The highest BCUT2D eigenvalue weighted by molar-refractivity contribution is 7.89. The molecule has 0 spiro atoms. The van der Waals surface area contributed by atoms with Crippen LogP contribution in [0.1, 0.15) is 31.2 Å². The quantitative estimate of drug-likeness (QED) is 0.496. The van der Waals surface area contributed by atoms with Gasteiger partial charge in [0.25, 0.3) is 5.91 Å². The monoisotopic (exact) mass is 443 g/mol. The molecule has 0 saturated carbocycles. The summed E-state index contributed by atoms with van der Waals surface area (Å²) in [7, 11) is -3.65. The number of thiophene rings is 1. The number of anilines is 1. The number of hydrogen-bond acceptors (Lipinski definition) is 5. The van der Waals surface area contributed by atoms with Crippen molar-refractivity contribution in [3.8, 4) is 0 Å². The summed E-state index contributed by atoms with van der Waals surface area (Å²) in [4.78, 5) is 24.9. The Labute approximate surface area is 179 Å². The van der Waals surface area contributed by atoms with E-state index in [1.165, 1.54) is 24.3 Å². The Hall–Kier alpha value is -3.01. The van der Waals surface area contributed by atoms with Gasteiger partial charge in [0.1, 0.15) is 0 Å². The van der Waals surface area contributed by atoms with Crippen LogP contribution >= 0.6 is 11.3 Å². The van der Waals surface area contributed by atoms with Crippen LogP contribution in [0.25, 0.3) is 0 Å². The first-order valence-electron chi connectivity index (χ1n) is 9.10. The van der Waals surface area contributed by atoms with E-state index < -0.39 is 21.8 Å². The molecule has 3 aromatic rings. The van der Waals surface area contributed by atoms with Crippen molar-refractivity contribution in [3.63, 3.8) is 0 Å². The van der Waals surface area contributed by atoms with E-state index in [9.17, 15) is 18.0 Å². The molecule has 0 aliphatic rings. The van der Waals surface area contributed by atoms with Gasteiger partial charge in [-0.15, -0.1) is 11.3 Å². The molecule has 1 heterocycles. The number of aryl methyl sites for hydroxylation is 1. The highest BCUT2D eigenvalue weighted by atomic mass is 32.2. The first-order valence-corrected chi connectivity index (χ1v) is 11.5. The molecule has 2 aromatic carbocycles. The van der Waals surface area contributed by atoms with Gasteiger partial charge < -0.3 is 11.1 Å². The van der Waals surface area contributed by atoms with Crippen LogP contribution in [-0.2, 0) is 16.4 Å². The molecule has 4 N–H and O–H groups in total. The van der Waals surface area contributed by atoms with Crippen LogP contribution in [0.4, 0.5) is 5.69 Å². The molecule has 9 heteroatoms. The van der Waals surface area contributed by atoms with Gasteiger partial charge in [0.15, 0.2) is 0 Å². The maximum absolute atomic E-state index is 12.4. The third-order valence-electron chi connectivity index (χ3n) is 4.42. The van der Waals surface area contributed by atoms with Crippen molar-refractivity contribution >= 4 is 38.9 Å². The molecule has 2 amide bonds. The average Bonchev–Trinajstić information content (AvgIpc) is 3.21. The predicted octanol–water partition coefficient (Wildman–Crippen LogP) is 2.93. The second-order valence-electron chi connectivity index (χ2n) is 6.60. The number of rotatable bonds is 8. The molecule has 1 aromatic heterocycles. The van der Waals surface area contributed by atoms with E-state index in [1.807, 2.05) is 17.5 Å². The van der Waals surface area contributed by atoms with Gasteiger partial charge in [0.05, 0.1) is 4.90 Å². The normalized spacial score (nSPS) is 11.2. The summed E-state index contributed by atoms with van der Waals surface area (Å²) in [5, 5.41) is 4.66. The molecular weight excluding hydrogens is 422 g/mol. The molecule has 0 bridgehead atoms. The Kier molecular flexibility index (Phi) is 6.66. The van der Waals surface area contributed by atoms with Crippen molar-refractivity contribution in [1.82, 2.24) is 4.72 Å². The molecule has 156 valence electrons. The van der Waals surface area contributed by atoms with Crippen molar-refractivity contribution in [3.05, 3.63) is 81.5 Å². The van der Waals surface area contributed by atoms with Crippen molar-refractivity contribution in [1.29, 1.82) is 0 Å². The topological polar surface area (TPSA) is 118 Å². The zero-order valence-electron chi connectivity index (χ0n) is 16.2. The highest BCUT2D eigenvalue weighted by Crippen LogP contribution is 2.17. The molecule has 7 nitrogen and oxygen atoms in total. The molecule has 30 heavy (non-hydrogen) atoms. The van der Waals surface area contributed by atoms with E-state index >= 15 is 0 Å². The van der Waals surface area contributed by atoms with Crippen LogP contribution in [-0.4, -0.2) is 26.8 Å². The molecule has 0 aliphatic heterocycles. The second-order valence-corrected chi connectivity index (χ2v) is 9.40. The van der Waals surface area contributed by atoms with Crippen molar-refractivity contribution < 1.29 is 18.0 Å². The lowest BCUT2D eigenvalue weighted by molar-refractivity contribution is 0.0997. The molecule has 0 atom stereocenters. The second kappa shape index (κ2) is 9.21. The minimum absolute atomic E-state index is 0.0897. The van der Waals surface area contributed by atoms with Gasteiger partial charge in [-0.1, -0.05) is 6.07 Å². The van der Waals surface area contributed by atoms with Crippen LogP contribution in [0.5, 0.6) is 0 Å². The lowest BCUT2D eigenvalue weighted by Crippen LogP contribution is -2.26. The third kappa shape index (κ3) is 5.32. The maximum atomic E-state index is 12.4. The average molecular weight is 444 g/mol. The molecule has 3 rings (SSSR count). The number of nitrogens with two attached hydrogens (primary N) is 1. The Morgan fingerprint density at radius 3 is 2.40 bits per heavy atom. The number of carbonyl (C=O) groups excluding carboxylic acids is 2. The lowest BCUT2D eigenvalue weighted by atomic mass is 10.1. The standard InChI is InChI=1S/C21H21N3O4S2/c1-14-13-16(6-9-19(14)20(22)25)24-21(26)15-4-7-18(8-5-15)30(27,28)23-11-10-17-3-2-12-29-17/h2-9,12-13,23H,10-11H2,1H3,(H2,22,25)(H,24,26). The Morgan fingerprint density at radius 2 is 1.80 bits per heavy atom. The van der Waals surface area contributed by atoms with Gasteiger partial charge in [-0.3, -0.25) is 9.59 Å². The highest BCUT2D eigenvalue weighted by Gasteiger charge is 2.15. The van der Waals surface area contributed by atoms with Gasteiger partial charge in [-0.25, -0.2) is 13.1 Å². The third-order valence-corrected chi connectivity index (χ3v) is 6.83. The molecule has 0 unspecified atom stereocenters. The fraction of sp³-hybridized carbons (Fsp3) is 0.143. The van der Waals surface area contributed by atoms with E-state index in [0.717, 1.165) is 4.88 Å². The summed E-state index contributed by atoms with van der Waals surface area (Å²) in [6.45, 7) is 2.02. The van der Waals surface area contributed by atoms with Crippen molar-refractivity contribution in [2.75, 3.05) is 11.9 Å². The fourth-order valence-corrected chi connectivity index (χ4v) is 4.59. The molecule has 0 saturated heterocycles. The van der Waals surface area contributed by atoms with E-state index in [4.69, 9.17) is 5.73 Å². The zero-order chi connectivity index (χ0) is 21.7. The number of nitrogens with one attached hydrogen (secondary N) is 2. The first kappa shape index (κ1) is 21.7. The van der Waals surface area contributed by atoms with Gasteiger partial charge in [0.2, 0.25) is 15.9 Å². The smallest absolute Gasteiger partial charge is 0.255 e. The van der Waals surface area contributed by atoms with E-state index in [0.29, 0.717) is 35.3 Å². The summed E-state index contributed by atoms with van der Waals surface area (Å²) in [6, 6.07) is 14.3. The number of sulfonamides is 1. The van der Waals surface area contributed by atoms with Gasteiger partial charge in [0, 0.05) is 28.2 Å². The van der Waals surface area contributed by atoms with Crippen LogP contribution in [0.2, 0.25) is 0 Å². The number of hydrogen-bond donors (Lipinski definition) is 3. The lowest BCUT2D eigenvalue weighted by Gasteiger charge is -2.09. The van der Waals surface area contributed by atoms with Crippen molar-refractivity contribution in [2.24, 2.45) is 5.73 Å². The van der Waals surface area contributed by atoms with Gasteiger partial charge in [-0.05, 0) is 72.8 Å². The fourth-order valence-electron chi connectivity index (χ4n) is 2.85. The summed E-state index contributed by atoms with van der Waals surface area (Å²) in [6.07, 6.45) is 0.616. The number of benzene rings is 2. The molecule has 0 fully saturated rings. The van der Waals surface area contributed by atoms with Crippen molar-refractivity contribution in [2.45, 2.75) is 18.2 Å². The van der Waals surface area contributed by atoms with Crippen LogP contribution in [0.3, 0.4) is 0 Å². The summed E-state index contributed by atoms with van der Waals surface area (Å²) >= 11 is 1.58.